The van der Waals surface area contributed by atoms with Gasteiger partial charge in [0.15, 0.2) is 15.6 Å². The molecule has 0 atom stereocenters. The number of ether oxygens (including phenoxy) is 1. The lowest BCUT2D eigenvalue weighted by molar-refractivity contribution is -0.120. The lowest BCUT2D eigenvalue weighted by Crippen LogP contribution is -2.25. The summed E-state index contributed by atoms with van der Waals surface area (Å²) in [5, 5.41) is 6.70. The van der Waals surface area contributed by atoms with Crippen LogP contribution >= 0.6 is 0 Å². The largest absolute Gasteiger partial charge is 0.495 e. The summed E-state index contributed by atoms with van der Waals surface area (Å²) in [5.41, 5.74) is 4.22. The third-order valence-corrected chi connectivity index (χ3v) is 6.82. The van der Waals surface area contributed by atoms with E-state index < -0.39 is 9.84 Å². The minimum absolute atomic E-state index is 0.0208. The summed E-state index contributed by atoms with van der Waals surface area (Å²) < 4.78 is 36.6. The summed E-state index contributed by atoms with van der Waals surface area (Å²) in [6, 6.07) is 12.6. The molecule has 0 saturated heterocycles. The number of aryl methyl sites for hydroxylation is 2. The van der Waals surface area contributed by atoms with E-state index in [0.717, 1.165) is 22.4 Å². The first-order chi connectivity index (χ1) is 14.7. The van der Waals surface area contributed by atoms with Crippen molar-refractivity contribution in [3.05, 3.63) is 64.8 Å². The number of benzene rings is 2. The van der Waals surface area contributed by atoms with Gasteiger partial charge in [-0.15, -0.1) is 0 Å². The molecular formula is C23H26N2O5S. The molecule has 0 aliphatic rings. The van der Waals surface area contributed by atoms with Crippen molar-refractivity contribution in [3.8, 4) is 17.1 Å². The standard InChI is InChI=1S/C23H26N2O5S/c1-15-6-5-7-18(12-15)14-24-22(26)10-11-31(27,28)21-13-19(8-9-20(21)29-4)23-16(2)17(3)25-30-23/h5-9,12-13H,10-11,14H2,1-4H3,(H,24,26). The molecule has 0 radical (unpaired) electrons. The molecule has 0 fully saturated rings. The fourth-order valence-corrected chi connectivity index (χ4v) is 4.63. The van der Waals surface area contributed by atoms with Gasteiger partial charge in [-0.05, 0) is 44.5 Å². The maximum atomic E-state index is 13.0. The Morgan fingerprint density at radius 1 is 1.13 bits per heavy atom. The lowest BCUT2D eigenvalue weighted by atomic mass is 10.1. The highest BCUT2D eigenvalue weighted by atomic mass is 32.2. The average Bonchev–Trinajstić information content (AvgIpc) is 3.09. The van der Waals surface area contributed by atoms with Crippen LogP contribution in [0.4, 0.5) is 0 Å². The molecule has 2 aromatic carbocycles. The van der Waals surface area contributed by atoms with E-state index in [4.69, 9.17) is 9.26 Å². The van der Waals surface area contributed by atoms with Crippen LogP contribution in [0.25, 0.3) is 11.3 Å². The van der Waals surface area contributed by atoms with Crippen molar-refractivity contribution < 1.29 is 22.5 Å². The minimum Gasteiger partial charge on any atom is -0.495 e. The van der Waals surface area contributed by atoms with Gasteiger partial charge in [0, 0.05) is 24.1 Å². The van der Waals surface area contributed by atoms with Crippen LogP contribution in [0.2, 0.25) is 0 Å². The molecule has 164 valence electrons. The Bertz CT molecular complexity index is 1200. The highest BCUT2D eigenvalue weighted by Crippen LogP contribution is 2.33. The van der Waals surface area contributed by atoms with Crippen molar-refractivity contribution in [2.45, 2.75) is 38.6 Å². The van der Waals surface area contributed by atoms with E-state index in [1.54, 1.807) is 12.1 Å². The number of carbonyl (C=O) groups excluding carboxylic acids is 1. The number of aromatic nitrogens is 1. The molecular weight excluding hydrogens is 416 g/mol. The highest BCUT2D eigenvalue weighted by molar-refractivity contribution is 7.91. The topological polar surface area (TPSA) is 98.5 Å². The first-order valence-corrected chi connectivity index (χ1v) is 11.5. The molecule has 0 aliphatic heterocycles. The summed E-state index contributed by atoms with van der Waals surface area (Å²) in [4.78, 5) is 12.3. The number of nitrogens with zero attached hydrogens (tertiary/aromatic N) is 1. The van der Waals surface area contributed by atoms with Gasteiger partial charge in [-0.3, -0.25) is 4.79 Å². The fraction of sp³-hybridized carbons (Fsp3) is 0.304. The third kappa shape index (κ3) is 5.32. The lowest BCUT2D eigenvalue weighted by Gasteiger charge is -2.11. The highest BCUT2D eigenvalue weighted by Gasteiger charge is 2.23. The van der Waals surface area contributed by atoms with E-state index in [2.05, 4.69) is 10.5 Å². The van der Waals surface area contributed by atoms with E-state index in [0.29, 0.717) is 17.9 Å². The zero-order valence-electron chi connectivity index (χ0n) is 18.1. The molecule has 1 aromatic heterocycles. The summed E-state index contributed by atoms with van der Waals surface area (Å²) in [5.74, 6) is 0.0631. The molecule has 7 nitrogen and oxygen atoms in total. The zero-order valence-corrected chi connectivity index (χ0v) is 18.9. The second kappa shape index (κ2) is 9.34. The number of rotatable bonds is 8. The monoisotopic (exact) mass is 442 g/mol. The quantitative estimate of drug-likeness (QED) is 0.570. The van der Waals surface area contributed by atoms with E-state index in [-0.39, 0.29) is 28.7 Å². The van der Waals surface area contributed by atoms with Crippen molar-refractivity contribution in [1.82, 2.24) is 10.5 Å². The number of hydrogen-bond donors (Lipinski definition) is 1. The van der Waals surface area contributed by atoms with Crippen LogP contribution in [0.5, 0.6) is 5.75 Å². The number of sulfone groups is 1. The molecule has 0 spiro atoms. The van der Waals surface area contributed by atoms with Gasteiger partial charge in [0.05, 0.1) is 18.6 Å². The van der Waals surface area contributed by atoms with Crippen LogP contribution in [0, 0.1) is 20.8 Å². The zero-order chi connectivity index (χ0) is 22.6. The second-order valence-corrected chi connectivity index (χ2v) is 9.50. The Hall–Kier alpha value is -3.13. The van der Waals surface area contributed by atoms with Gasteiger partial charge in [0.2, 0.25) is 5.91 Å². The maximum absolute atomic E-state index is 13.0. The van der Waals surface area contributed by atoms with Crippen molar-refractivity contribution in [1.29, 1.82) is 0 Å². The first-order valence-electron chi connectivity index (χ1n) is 9.87. The van der Waals surface area contributed by atoms with E-state index in [1.165, 1.54) is 13.2 Å². The summed E-state index contributed by atoms with van der Waals surface area (Å²) in [6.07, 6.45) is -0.151. The van der Waals surface area contributed by atoms with Gasteiger partial charge >= 0.3 is 0 Å². The average molecular weight is 443 g/mol. The predicted molar refractivity (Wildman–Crippen MR) is 118 cm³/mol. The van der Waals surface area contributed by atoms with Crippen LogP contribution in [0.15, 0.2) is 51.9 Å². The molecule has 31 heavy (non-hydrogen) atoms. The molecule has 0 aliphatic carbocycles. The Kier molecular flexibility index (Phi) is 6.80. The van der Waals surface area contributed by atoms with E-state index >= 15 is 0 Å². The Morgan fingerprint density at radius 2 is 1.90 bits per heavy atom. The van der Waals surface area contributed by atoms with E-state index in [9.17, 15) is 13.2 Å². The normalized spacial score (nSPS) is 11.4. The number of methoxy groups -OCH3 is 1. The van der Waals surface area contributed by atoms with Gasteiger partial charge in [0.1, 0.15) is 10.6 Å². The van der Waals surface area contributed by atoms with Crippen LogP contribution < -0.4 is 10.1 Å². The van der Waals surface area contributed by atoms with Gasteiger partial charge in [-0.1, -0.05) is 35.0 Å². The number of carbonyl (C=O) groups is 1. The van der Waals surface area contributed by atoms with E-state index in [1.807, 2.05) is 45.0 Å². The molecule has 1 N–H and O–H groups in total. The van der Waals surface area contributed by atoms with Crippen LogP contribution in [0.1, 0.15) is 28.8 Å². The molecule has 8 heteroatoms. The van der Waals surface area contributed by atoms with Crippen molar-refractivity contribution in [2.24, 2.45) is 0 Å². The van der Waals surface area contributed by atoms with Gasteiger partial charge in [-0.25, -0.2) is 8.42 Å². The Labute approximate surface area is 182 Å². The van der Waals surface area contributed by atoms with Crippen molar-refractivity contribution >= 4 is 15.7 Å². The predicted octanol–water partition coefficient (Wildman–Crippen LogP) is 3.76. The molecule has 3 aromatic rings. The summed E-state index contributed by atoms with van der Waals surface area (Å²) in [7, 11) is -2.36. The molecule has 0 bridgehead atoms. The molecule has 1 heterocycles. The Balaban J connectivity index is 1.73. The molecule has 0 saturated carbocycles. The summed E-state index contributed by atoms with van der Waals surface area (Å²) in [6.45, 7) is 6.00. The number of hydrogen-bond acceptors (Lipinski definition) is 6. The SMILES string of the molecule is COc1ccc(-c2onc(C)c2C)cc1S(=O)(=O)CCC(=O)NCc1cccc(C)c1. The van der Waals surface area contributed by atoms with Crippen LogP contribution in [-0.4, -0.2) is 32.3 Å². The van der Waals surface area contributed by atoms with Crippen molar-refractivity contribution in [3.63, 3.8) is 0 Å². The number of nitrogens with one attached hydrogen (secondary N) is 1. The second-order valence-electron chi connectivity index (χ2n) is 7.42. The Morgan fingerprint density at radius 3 is 2.55 bits per heavy atom. The van der Waals surface area contributed by atoms with Gasteiger partial charge < -0.3 is 14.6 Å². The van der Waals surface area contributed by atoms with Crippen LogP contribution in [-0.2, 0) is 21.2 Å². The first kappa shape index (κ1) is 22.6. The smallest absolute Gasteiger partial charge is 0.221 e. The minimum atomic E-state index is -3.77. The molecule has 3 rings (SSSR count). The number of amides is 1. The maximum Gasteiger partial charge on any atom is 0.221 e. The fourth-order valence-electron chi connectivity index (χ4n) is 3.19. The molecule has 1 amide bonds. The summed E-state index contributed by atoms with van der Waals surface area (Å²) >= 11 is 0. The van der Waals surface area contributed by atoms with Gasteiger partial charge in [0.25, 0.3) is 0 Å². The van der Waals surface area contributed by atoms with Crippen LogP contribution in [0.3, 0.4) is 0 Å². The van der Waals surface area contributed by atoms with Gasteiger partial charge in [-0.2, -0.15) is 0 Å². The van der Waals surface area contributed by atoms with Crippen molar-refractivity contribution in [2.75, 3.05) is 12.9 Å². The third-order valence-electron chi connectivity index (χ3n) is 5.09. The molecule has 0 unspecified atom stereocenters.